The SMILES string of the molecule is CC1CC(NC(=O)OC(C)(C)C)CN(c2ccncc2NC(=O)c2nc3cc(N4CCNCC4)ccc3cc2NC(=O)OCc2ccccc2)C1. The van der Waals surface area contributed by atoms with Crippen LogP contribution in [0.5, 0.6) is 0 Å². The number of ether oxygens (including phenoxy) is 2. The second-order valence-electron chi connectivity index (χ2n) is 14.1. The van der Waals surface area contributed by atoms with E-state index in [-0.39, 0.29) is 29.9 Å². The standard InChI is InChI=1S/C38H46N8O5/c1-25-18-28(41-37(49)51-38(2,3)4)23-46(22-25)33-12-13-40-21-32(33)43-35(47)34-31(44-36(48)50-24-26-8-6-5-7-9-26)19-27-10-11-29(20-30(27)42-34)45-16-14-39-15-17-45/h5-13,19-21,25,28,39H,14-18,22-24H2,1-4H3,(H,41,49)(H,43,47)(H,44,48). The molecule has 13 nitrogen and oxygen atoms in total. The number of benzene rings is 2. The van der Waals surface area contributed by atoms with Crippen molar-refractivity contribution in [2.45, 2.75) is 52.4 Å². The molecule has 2 aromatic carbocycles. The largest absolute Gasteiger partial charge is 0.444 e. The molecule has 3 amide bonds. The quantitative estimate of drug-likeness (QED) is 0.179. The van der Waals surface area contributed by atoms with E-state index in [4.69, 9.17) is 14.5 Å². The van der Waals surface area contributed by atoms with Crippen molar-refractivity contribution in [1.82, 2.24) is 20.6 Å². The van der Waals surface area contributed by atoms with Gasteiger partial charge < -0.3 is 35.2 Å². The topological polar surface area (TPSA) is 150 Å². The van der Waals surface area contributed by atoms with Crippen molar-refractivity contribution in [3.05, 3.63) is 84.3 Å². The summed E-state index contributed by atoms with van der Waals surface area (Å²) in [7, 11) is 0. The number of amides is 3. The molecule has 2 fully saturated rings. The van der Waals surface area contributed by atoms with Crippen LogP contribution >= 0.6 is 0 Å². The Morgan fingerprint density at radius 3 is 2.47 bits per heavy atom. The van der Waals surface area contributed by atoms with Crippen LogP contribution in [0.25, 0.3) is 10.9 Å². The lowest BCUT2D eigenvalue weighted by molar-refractivity contribution is 0.0495. The molecule has 4 N–H and O–H groups in total. The Balaban J connectivity index is 1.26. The maximum absolute atomic E-state index is 14.2. The minimum Gasteiger partial charge on any atom is -0.444 e. The van der Waals surface area contributed by atoms with E-state index >= 15 is 0 Å². The molecule has 2 saturated heterocycles. The summed E-state index contributed by atoms with van der Waals surface area (Å²) in [5.41, 5.74) is 3.32. The van der Waals surface area contributed by atoms with Gasteiger partial charge in [0.25, 0.3) is 5.91 Å². The van der Waals surface area contributed by atoms with Crippen LogP contribution in [0.2, 0.25) is 0 Å². The van der Waals surface area contributed by atoms with Crippen LogP contribution in [0, 0.1) is 5.92 Å². The van der Waals surface area contributed by atoms with E-state index < -0.39 is 23.7 Å². The minimum atomic E-state index is -0.709. The molecule has 0 spiro atoms. The number of carbonyl (C=O) groups excluding carboxylic acids is 3. The summed E-state index contributed by atoms with van der Waals surface area (Å²) in [4.78, 5) is 53.3. The van der Waals surface area contributed by atoms with Gasteiger partial charge in [-0.25, -0.2) is 14.6 Å². The molecular formula is C38H46N8O5. The summed E-state index contributed by atoms with van der Waals surface area (Å²) < 4.78 is 11.0. The molecule has 2 unspecified atom stereocenters. The fourth-order valence-corrected chi connectivity index (χ4v) is 6.48. The highest BCUT2D eigenvalue weighted by atomic mass is 16.6. The van der Waals surface area contributed by atoms with Crippen LogP contribution in [0.1, 0.15) is 50.2 Å². The second-order valence-corrected chi connectivity index (χ2v) is 14.1. The number of fused-ring (bicyclic) bond motifs is 1. The van der Waals surface area contributed by atoms with Crippen molar-refractivity contribution < 1.29 is 23.9 Å². The molecule has 13 heteroatoms. The van der Waals surface area contributed by atoms with Crippen LogP contribution < -0.4 is 31.1 Å². The number of hydrogen-bond donors (Lipinski definition) is 4. The molecule has 0 radical (unpaired) electrons. The molecule has 2 aromatic heterocycles. The van der Waals surface area contributed by atoms with Crippen molar-refractivity contribution >= 4 is 51.7 Å². The van der Waals surface area contributed by atoms with E-state index in [1.54, 1.807) is 18.5 Å². The summed E-state index contributed by atoms with van der Waals surface area (Å²) in [5, 5.41) is 12.9. The molecule has 0 saturated carbocycles. The third kappa shape index (κ3) is 9.43. The van der Waals surface area contributed by atoms with Crippen LogP contribution in [-0.4, -0.2) is 79.0 Å². The van der Waals surface area contributed by atoms with Crippen LogP contribution in [-0.2, 0) is 16.1 Å². The number of piperazine rings is 1. The first-order chi connectivity index (χ1) is 24.5. The number of piperidine rings is 1. The highest BCUT2D eigenvalue weighted by Crippen LogP contribution is 2.31. The lowest BCUT2D eigenvalue weighted by Crippen LogP contribution is -2.51. The Hall–Kier alpha value is -5.43. The molecule has 0 bridgehead atoms. The number of pyridine rings is 2. The first kappa shape index (κ1) is 35.4. The van der Waals surface area contributed by atoms with Crippen LogP contribution in [0.3, 0.4) is 0 Å². The number of alkyl carbamates (subject to hydrolysis) is 1. The highest BCUT2D eigenvalue weighted by Gasteiger charge is 2.30. The Bertz CT molecular complexity index is 1860. The van der Waals surface area contributed by atoms with Gasteiger partial charge in [0.2, 0.25) is 0 Å². The maximum Gasteiger partial charge on any atom is 0.412 e. The lowest BCUT2D eigenvalue weighted by atomic mass is 9.95. The van der Waals surface area contributed by atoms with Crippen molar-refractivity contribution in [3.8, 4) is 0 Å². The smallest absolute Gasteiger partial charge is 0.412 e. The summed E-state index contributed by atoms with van der Waals surface area (Å²) >= 11 is 0. The number of hydrogen-bond acceptors (Lipinski definition) is 10. The van der Waals surface area contributed by atoms with Crippen molar-refractivity contribution in [2.75, 3.05) is 59.7 Å². The van der Waals surface area contributed by atoms with Crippen LogP contribution in [0.15, 0.2) is 73.1 Å². The van der Waals surface area contributed by atoms with Crippen molar-refractivity contribution in [1.29, 1.82) is 0 Å². The lowest BCUT2D eigenvalue weighted by Gasteiger charge is -2.39. The number of rotatable bonds is 8. The Morgan fingerprint density at radius 2 is 1.71 bits per heavy atom. The number of nitrogens with one attached hydrogen (secondary N) is 4. The molecule has 268 valence electrons. The van der Waals surface area contributed by atoms with E-state index in [1.807, 2.05) is 75.4 Å². The molecule has 6 rings (SSSR count). The summed E-state index contributed by atoms with van der Waals surface area (Å²) in [5.74, 6) is -0.272. The van der Waals surface area contributed by atoms with Gasteiger partial charge in [-0.3, -0.25) is 15.1 Å². The predicted octanol–water partition coefficient (Wildman–Crippen LogP) is 5.78. The zero-order chi connectivity index (χ0) is 36.0. The summed E-state index contributed by atoms with van der Waals surface area (Å²) in [6.07, 6.45) is 2.87. The minimum absolute atomic E-state index is 0.0305. The van der Waals surface area contributed by atoms with Gasteiger partial charge in [-0.15, -0.1) is 0 Å². The molecule has 0 aliphatic carbocycles. The summed E-state index contributed by atoms with van der Waals surface area (Å²) in [6, 6.07) is 18.7. The van der Waals surface area contributed by atoms with Gasteiger partial charge >= 0.3 is 12.2 Å². The first-order valence-electron chi connectivity index (χ1n) is 17.4. The van der Waals surface area contributed by atoms with Gasteiger partial charge in [-0.1, -0.05) is 43.3 Å². The number of anilines is 4. The summed E-state index contributed by atoms with van der Waals surface area (Å²) in [6.45, 7) is 12.4. The number of nitrogens with zero attached hydrogens (tertiary/aromatic N) is 4. The molecule has 2 atom stereocenters. The molecule has 2 aliphatic rings. The predicted molar refractivity (Wildman–Crippen MR) is 198 cm³/mol. The van der Waals surface area contributed by atoms with Gasteiger partial charge in [-0.05, 0) is 62.9 Å². The molecule has 51 heavy (non-hydrogen) atoms. The van der Waals surface area contributed by atoms with Gasteiger partial charge in [0.05, 0.1) is 28.8 Å². The second kappa shape index (κ2) is 15.6. The van der Waals surface area contributed by atoms with E-state index in [0.717, 1.165) is 54.9 Å². The van der Waals surface area contributed by atoms with E-state index in [2.05, 4.69) is 43.0 Å². The maximum atomic E-state index is 14.2. The van der Waals surface area contributed by atoms with Gasteiger partial charge in [0, 0.05) is 62.6 Å². The van der Waals surface area contributed by atoms with Gasteiger partial charge in [0.1, 0.15) is 12.2 Å². The molecule has 4 aromatic rings. The third-order valence-electron chi connectivity index (χ3n) is 8.72. The van der Waals surface area contributed by atoms with Gasteiger partial charge in [-0.2, -0.15) is 0 Å². The average Bonchev–Trinajstić information content (AvgIpc) is 3.10. The van der Waals surface area contributed by atoms with Crippen molar-refractivity contribution in [2.24, 2.45) is 5.92 Å². The fourth-order valence-electron chi connectivity index (χ4n) is 6.48. The molecule has 4 heterocycles. The third-order valence-corrected chi connectivity index (χ3v) is 8.72. The van der Waals surface area contributed by atoms with Crippen LogP contribution in [0.4, 0.5) is 32.3 Å². The Labute approximate surface area is 298 Å². The zero-order valence-corrected chi connectivity index (χ0v) is 29.6. The van der Waals surface area contributed by atoms with Gasteiger partial charge in [0.15, 0.2) is 5.69 Å². The van der Waals surface area contributed by atoms with E-state index in [0.29, 0.717) is 24.3 Å². The van der Waals surface area contributed by atoms with Crippen molar-refractivity contribution in [3.63, 3.8) is 0 Å². The Morgan fingerprint density at radius 1 is 0.922 bits per heavy atom. The zero-order valence-electron chi connectivity index (χ0n) is 29.6. The molecular weight excluding hydrogens is 648 g/mol. The molecule has 2 aliphatic heterocycles. The first-order valence-corrected chi connectivity index (χ1v) is 17.4. The number of aromatic nitrogens is 2. The Kier molecular flexibility index (Phi) is 10.8. The van der Waals surface area contributed by atoms with E-state index in [1.165, 1.54) is 0 Å². The normalized spacial score (nSPS) is 17.8. The van der Waals surface area contributed by atoms with E-state index in [9.17, 15) is 14.4 Å². The number of carbonyl (C=O) groups is 3. The monoisotopic (exact) mass is 694 g/mol. The fraction of sp³-hybridized carbons (Fsp3) is 0.395. The highest BCUT2D eigenvalue weighted by molar-refractivity contribution is 6.11. The average molecular weight is 695 g/mol.